The first-order valence-corrected chi connectivity index (χ1v) is 9.19. The average Bonchev–Trinajstić information content (AvgIpc) is 3.10. The van der Waals surface area contributed by atoms with Gasteiger partial charge in [0.1, 0.15) is 5.75 Å². The van der Waals surface area contributed by atoms with Gasteiger partial charge in [-0.25, -0.2) is 0 Å². The van der Waals surface area contributed by atoms with E-state index in [0.717, 1.165) is 17.0 Å². The number of nitrogens with zero attached hydrogens (tertiary/aromatic N) is 2. The van der Waals surface area contributed by atoms with E-state index in [9.17, 15) is 0 Å². The molecular formula is C19H19ClN4O2S. The van der Waals surface area contributed by atoms with Crippen LogP contribution in [0.25, 0.3) is 11.4 Å². The molecule has 2 aromatic carbocycles. The topological polar surface area (TPSA) is 72.2 Å². The van der Waals surface area contributed by atoms with Crippen LogP contribution in [-0.4, -0.2) is 21.4 Å². The maximum atomic E-state index is 6.15. The highest BCUT2D eigenvalue weighted by Gasteiger charge is 2.11. The minimum atomic E-state index is 0.136. The molecule has 0 fully saturated rings. The largest absolute Gasteiger partial charge is 0.491 e. The highest BCUT2D eigenvalue weighted by atomic mass is 35.5. The molecule has 0 spiro atoms. The summed E-state index contributed by atoms with van der Waals surface area (Å²) in [6.45, 7) is 4.28. The minimum Gasteiger partial charge on any atom is -0.491 e. The van der Waals surface area contributed by atoms with Crippen molar-refractivity contribution in [3.63, 3.8) is 0 Å². The number of nitrogens with one attached hydrogen (secondary N) is 2. The first-order valence-electron chi connectivity index (χ1n) is 8.40. The SMILES string of the molecule is CC(C)Oc1ccc(NC(=S)NCc2nc(-c3ccccc3Cl)no2)cc1. The van der Waals surface area contributed by atoms with Gasteiger partial charge in [0.2, 0.25) is 11.7 Å². The third-order valence-electron chi connectivity index (χ3n) is 3.47. The van der Waals surface area contributed by atoms with Crippen LogP contribution in [0, 0.1) is 0 Å². The molecule has 1 heterocycles. The Kier molecular flexibility index (Phi) is 6.26. The molecule has 3 rings (SSSR count). The molecule has 0 aliphatic heterocycles. The molecule has 0 bridgehead atoms. The van der Waals surface area contributed by atoms with Gasteiger partial charge in [0.25, 0.3) is 0 Å². The number of rotatable bonds is 6. The van der Waals surface area contributed by atoms with Crippen molar-refractivity contribution < 1.29 is 9.26 Å². The monoisotopic (exact) mass is 402 g/mol. The Morgan fingerprint density at radius 2 is 1.93 bits per heavy atom. The fourth-order valence-corrected chi connectivity index (χ4v) is 2.71. The lowest BCUT2D eigenvalue weighted by molar-refractivity contribution is 0.242. The number of thiocarbonyl (C=S) groups is 1. The minimum absolute atomic E-state index is 0.136. The second-order valence-corrected chi connectivity index (χ2v) is 6.81. The first kappa shape index (κ1) is 19.1. The van der Waals surface area contributed by atoms with Crippen molar-refractivity contribution in [3.8, 4) is 17.1 Å². The standard InChI is InChI=1S/C19H19ClN4O2S/c1-12(2)25-14-9-7-13(8-10-14)22-19(27)21-11-17-23-18(24-26-17)15-5-3-4-6-16(15)20/h3-10,12H,11H2,1-2H3,(H2,21,22,27). The summed E-state index contributed by atoms with van der Waals surface area (Å²) in [6.07, 6.45) is 0.136. The van der Waals surface area contributed by atoms with Crippen molar-refractivity contribution in [2.45, 2.75) is 26.5 Å². The van der Waals surface area contributed by atoms with Gasteiger partial charge in [-0.1, -0.05) is 28.9 Å². The molecule has 3 aromatic rings. The van der Waals surface area contributed by atoms with E-state index in [1.165, 1.54) is 0 Å². The quantitative estimate of drug-likeness (QED) is 0.580. The Hall–Kier alpha value is -2.64. The number of anilines is 1. The van der Waals surface area contributed by atoms with Crippen LogP contribution in [0.1, 0.15) is 19.7 Å². The van der Waals surface area contributed by atoms with E-state index >= 15 is 0 Å². The second kappa shape index (κ2) is 8.83. The molecule has 27 heavy (non-hydrogen) atoms. The molecule has 0 amide bonds. The molecule has 0 saturated carbocycles. The fraction of sp³-hybridized carbons (Fsp3) is 0.211. The molecule has 1 aromatic heterocycles. The van der Waals surface area contributed by atoms with Crippen molar-refractivity contribution in [3.05, 3.63) is 59.4 Å². The zero-order chi connectivity index (χ0) is 19.2. The second-order valence-electron chi connectivity index (χ2n) is 5.99. The molecule has 2 N–H and O–H groups in total. The van der Waals surface area contributed by atoms with Crippen LogP contribution in [0.5, 0.6) is 5.75 Å². The van der Waals surface area contributed by atoms with Crippen LogP contribution in [0.4, 0.5) is 5.69 Å². The summed E-state index contributed by atoms with van der Waals surface area (Å²) in [7, 11) is 0. The Morgan fingerprint density at radius 3 is 2.63 bits per heavy atom. The van der Waals surface area contributed by atoms with Gasteiger partial charge in [-0.3, -0.25) is 0 Å². The van der Waals surface area contributed by atoms with Crippen LogP contribution < -0.4 is 15.4 Å². The lowest BCUT2D eigenvalue weighted by atomic mass is 10.2. The van der Waals surface area contributed by atoms with Gasteiger partial charge in [-0.15, -0.1) is 0 Å². The van der Waals surface area contributed by atoms with Gasteiger partial charge < -0.3 is 19.9 Å². The van der Waals surface area contributed by atoms with Gasteiger partial charge in [-0.2, -0.15) is 4.98 Å². The number of hydrogen-bond acceptors (Lipinski definition) is 5. The Labute approximate surface area is 167 Å². The van der Waals surface area contributed by atoms with Gasteiger partial charge in [-0.05, 0) is 62.5 Å². The van der Waals surface area contributed by atoms with E-state index in [0.29, 0.717) is 28.4 Å². The van der Waals surface area contributed by atoms with E-state index in [-0.39, 0.29) is 6.10 Å². The summed E-state index contributed by atoms with van der Waals surface area (Å²) in [6, 6.07) is 14.9. The van der Waals surface area contributed by atoms with E-state index in [2.05, 4.69) is 20.8 Å². The smallest absolute Gasteiger partial charge is 0.246 e. The predicted octanol–water partition coefficient (Wildman–Crippen LogP) is 4.66. The summed E-state index contributed by atoms with van der Waals surface area (Å²) in [5.41, 5.74) is 1.57. The van der Waals surface area contributed by atoms with Crippen LogP contribution in [0.2, 0.25) is 5.02 Å². The van der Waals surface area contributed by atoms with Gasteiger partial charge in [0.15, 0.2) is 5.11 Å². The molecular weight excluding hydrogens is 384 g/mol. The highest BCUT2D eigenvalue weighted by molar-refractivity contribution is 7.80. The molecule has 140 valence electrons. The van der Waals surface area contributed by atoms with Crippen LogP contribution in [0.15, 0.2) is 53.1 Å². The van der Waals surface area contributed by atoms with E-state index < -0.39 is 0 Å². The van der Waals surface area contributed by atoms with Crippen molar-refractivity contribution in [1.82, 2.24) is 15.5 Å². The number of benzene rings is 2. The molecule has 0 saturated heterocycles. The van der Waals surface area contributed by atoms with Crippen LogP contribution >= 0.6 is 23.8 Å². The van der Waals surface area contributed by atoms with Crippen LogP contribution in [-0.2, 0) is 6.54 Å². The van der Waals surface area contributed by atoms with E-state index in [4.69, 9.17) is 33.1 Å². The lowest BCUT2D eigenvalue weighted by Crippen LogP contribution is -2.28. The zero-order valence-corrected chi connectivity index (χ0v) is 16.5. The number of halogens is 1. The molecule has 0 aliphatic carbocycles. The van der Waals surface area contributed by atoms with Gasteiger partial charge in [0.05, 0.1) is 17.7 Å². The Morgan fingerprint density at radius 1 is 1.19 bits per heavy atom. The number of aromatic nitrogens is 2. The van der Waals surface area contributed by atoms with Gasteiger partial charge in [0, 0.05) is 11.3 Å². The molecule has 0 radical (unpaired) electrons. The highest BCUT2D eigenvalue weighted by Crippen LogP contribution is 2.24. The Balaban J connectivity index is 1.53. The van der Waals surface area contributed by atoms with Crippen molar-refractivity contribution in [2.24, 2.45) is 0 Å². The number of ether oxygens (including phenoxy) is 1. The molecule has 0 unspecified atom stereocenters. The van der Waals surface area contributed by atoms with E-state index in [1.807, 2.05) is 56.3 Å². The summed E-state index contributed by atoms with van der Waals surface area (Å²) in [5, 5.41) is 11.1. The summed E-state index contributed by atoms with van der Waals surface area (Å²) in [5.74, 6) is 1.67. The number of hydrogen-bond donors (Lipinski definition) is 2. The first-order chi connectivity index (χ1) is 13.0. The third-order valence-corrected chi connectivity index (χ3v) is 4.04. The summed E-state index contributed by atoms with van der Waals surface area (Å²) < 4.78 is 10.9. The normalized spacial score (nSPS) is 10.7. The lowest BCUT2D eigenvalue weighted by Gasteiger charge is -2.12. The summed E-state index contributed by atoms with van der Waals surface area (Å²) >= 11 is 11.4. The molecule has 0 atom stereocenters. The molecule has 8 heteroatoms. The molecule has 0 aliphatic rings. The zero-order valence-electron chi connectivity index (χ0n) is 14.9. The van der Waals surface area contributed by atoms with Crippen LogP contribution in [0.3, 0.4) is 0 Å². The summed E-state index contributed by atoms with van der Waals surface area (Å²) in [4.78, 5) is 4.33. The fourth-order valence-electron chi connectivity index (χ4n) is 2.30. The predicted molar refractivity (Wildman–Crippen MR) is 110 cm³/mol. The molecule has 6 nitrogen and oxygen atoms in total. The van der Waals surface area contributed by atoms with Crippen molar-refractivity contribution in [2.75, 3.05) is 5.32 Å². The average molecular weight is 403 g/mol. The third kappa shape index (κ3) is 5.42. The maximum absolute atomic E-state index is 6.15. The van der Waals surface area contributed by atoms with E-state index in [1.54, 1.807) is 6.07 Å². The van der Waals surface area contributed by atoms with Gasteiger partial charge >= 0.3 is 0 Å². The Bertz CT molecular complexity index is 912. The maximum Gasteiger partial charge on any atom is 0.246 e. The van der Waals surface area contributed by atoms with Crippen molar-refractivity contribution in [1.29, 1.82) is 0 Å². The van der Waals surface area contributed by atoms with Crippen molar-refractivity contribution >= 4 is 34.6 Å².